The van der Waals surface area contributed by atoms with E-state index in [9.17, 15) is 4.39 Å². The third-order valence-electron chi connectivity index (χ3n) is 6.62. The summed E-state index contributed by atoms with van der Waals surface area (Å²) in [6.07, 6.45) is 4.31. The molecule has 3 fully saturated rings. The van der Waals surface area contributed by atoms with Crippen molar-refractivity contribution >= 4 is 17.5 Å². The number of anilines is 3. The fourth-order valence-corrected chi connectivity index (χ4v) is 4.90. The molecule has 0 aromatic carbocycles. The zero-order valence-corrected chi connectivity index (χ0v) is 19.6. The Hall–Kier alpha value is -3.92. The Bertz CT molecular complexity index is 1320. The Balaban J connectivity index is 1.13. The summed E-state index contributed by atoms with van der Waals surface area (Å²) in [5.41, 5.74) is 3.61. The van der Waals surface area contributed by atoms with Crippen LogP contribution in [0.1, 0.15) is 23.5 Å². The number of fused-ring (bicyclic) bond motifs is 2. The highest BCUT2D eigenvalue weighted by atomic mass is 19.1. The van der Waals surface area contributed by atoms with Crippen molar-refractivity contribution in [2.75, 3.05) is 23.3 Å². The van der Waals surface area contributed by atoms with Gasteiger partial charge in [0.1, 0.15) is 17.5 Å². The summed E-state index contributed by atoms with van der Waals surface area (Å²) in [5.74, 6) is 2.69. The van der Waals surface area contributed by atoms with Gasteiger partial charge in [-0.25, -0.2) is 19.3 Å². The van der Waals surface area contributed by atoms with Gasteiger partial charge in [0.25, 0.3) is 0 Å². The maximum atomic E-state index is 13.2. The molecule has 7 heterocycles. The third-order valence-corrected chi connectivity index (χ3v) is 6.62. The van der Waals surface area contributed by atoms with Crippen molar-refractivity contribution in [1.29, 1.82) is 0 Å². The minimum Gasteiger partial charge on any atom is -0.353 e. The van der Waals surface area contributed by atoms with Crippen LogP contribution in [0.3, 0.4) is 0 Å². The molecule has 0 saturated carbocycles. The Morgan fingerprint density at radius 1 is 1.00 bits per heavy atom. The van der Waals surface area contributed by atoms with Crippen LogP contribution in [0.25, 0.3) is 11.4 Å². The Labute approximate surface area is 202 Å². The molecule has 2 N–H and O–H groups in total. The minimum atomic E-state index is -0.297. The molecule has 9 nitrogen and oxygen atoms in total. The van der Waals surface area contributed by atoms with Crippen LogP contribution in [0.4, 0.5) is 21.8 Å². The summed E-state index contributed by atoms with van der Waals surface area (Å²) in [6.45, 7) is 6.49. The van der Waals surface area contributed by atoms with Crippen molar-refractivity contribution in [1.82, 2.24) is 35.0 Å². The molecule has 2 bridgehead atoms. The largest absolute Gasteiger partial charge is 0.353 e. The number of aryl methyl sites for hydroxylation is 2. The molecule has 7 rings (SSSR count). The van der Waals surface area contributed by atoms with Crippen molar-refractivity contribution in [2.45, 2.75) is 38.9 Å². The van der Waals surface area contributed by atoms with Crippen LogP contribution in [0, 0.1) is 19.7 Å². The molecule has 35 heavy (non-hydrogen) atoms. The van der Waals surface area contributed by atoms with Crippen LogP contribution in [0.5, 0.6) is 0 Å². The van der Waals surface area contributed by atoms with Crippen LogP contribution in [0.15, 0.2) is 48.8 Å². The van der Waals surface area contributed by atoms with Crippen molar-refractivity contribution in [3.8, 4) is 11.4 Å². The molecule has 4 aromatic heterocycles. The fraction of sp³-hybridized carbons (Fsp3) is 0.320. The highest BCUT2D eigenvalue weighted by Crippen LogP contribution is 2.35. The number of rotatable bonds is 6. The van der Waals surface area contributed by atoms with E-state index in [1.165, 1.54) is 18.7 Å². The number of nitrogens with zero attached hydrogens (tertiary/aromatic N) is 7. The number of H-pyrrole nitrogens is 1. The molecule has 0 spiro atoms. The molecule has 2 unspecified atom stereocenters. The summed E-state index contributed by atoms with van der Waals surface area (Å²) >= 11 is 0. The molecule has 0 amide bonds. The molecule has 3 saturated heterocycles. The Morgan fingerprint density at radius 2 is 1.86 bits per heavy atom. The molecule has 0 aliphatic carbocycles. The molecule has 2 atom stereocenters. The second-order valence-electron chi connectivity index (χ2n) is 9.27. The SMILES string of the molecule is Cc1cc(Nc2cc(C)[nH]n2)nc(-c2ccc(N3CC4CC(C3)N4Cc3ccc(F)cn3)nc2)n1. The average Bonchev–Trinajstić information content (AvgIpc) is 3.27. The van der Waals surface area contributed by atoms with Crippen molar-refractivity contribution in [3.63, 3.8) is 0 Å². The van der Waals surface area contributed by atoms with Gasteiger partial charge in [-0.1, -0.05) is 0 Å². The van der Waals surface area contributed by atoms with Crippen LogP contribution < -0.4 is 10.2 Å². The van der Waals surface area contributed by atoms with E-state index in [1.807, 2.05) is 44.3 Å². The van der Waals surface area contributed by atoms with Gasteiger partial charge in [-0.05, 0) is 44.5 Å². The molecule has 178 valence electrons. The summed E-state index contributed by atoms with van der Waals surface area (Å²) in [7, 11) is 0. The lowest BCUT2D eigenvalue weighted by Gasteiger charge is -2.56. The maximum absolute atomic E-state index is 13.2. The molecular weight excluding hydrogens is 445 g/mol. The normalized spacial score (nSPS) is 19.5. The van der Waals surface area contributed by atoms with Gasteiger partial charge in [0.15, 0.2) is 11.6 Å². The monoisotopic (exact) mass is 471 g/mol. The van der Waals surface area contributed by atoms with Crippen LogP contribution in [-0.4, -0.2) is 60.2 Å². The average molecular weight is 472 g/mol. The molecule has 0 radical (unpaired) electrons. The van der Waals surface area contributed by atoms with E-state index in [0.717, 1.165) is 48.1 Å². The van der Waals surface area contributed by atoms with Crippen LogP contribution >= 0.6 is 0 Å². The van der Waals surface area contributed by atoms with Crippen molar-refractivity contribution in [3.05, 3.63) is 71.7 Å². The number of piperidine rings is 1. The third kappa shape index (κ3) is 4.44. The maximum Gasteiger partial charge on any atom is 0.163 e. The highest BCUT2D eigenvalue weighted by Gasteiger charge is 2.44. The van der Waals surface area contributed by atoms with Crippen molar-refractivity contribution in [2.24, 2.45) is 0 Å². The van der Waals surface area contributed by atoms with Gasteiger partial charge in [0, 0.05) is 67.0 Å². The van der Waals surface area contributed by atoms with Gasteiger partial charge < -0.3 is 10.2 Å². The topological polar surface area (TPSA) is 98.8 Å². The van der Waals surface area contributed by atoms with E-state index in [4.69, 9.17) is 4.98 Å². The van der Waals surface area contributed by atoms with E-state index in [-0.39, 0.29) is 5.82 Å². The molecular formula is C25H26FN9. The quantitative estimate of drug-likeness (QED) is 0.440. The van der Waals surface area contributed by atoms with E-state index in [0.29, 0.717) is 29.5 Å². The van der Waals surface area contributed by atoms with E-state index >= 15 is 0 Å². The summed E-state index contributed by atoms with van der Waals surface area (Å²) in [5, 5.41) is 10.4. The second-order valence-corrected chi connectivity index (χ2v) is 9.27. The zero-order chi connectivity index (χ0) is 23.9. The Morgan fingerprint density at radius 3 is 2.54 bits per heavy atom. The van der Waals surface area contributed by atoms with E-state index < -0.39 is 0 Å². The first-order valence-electron chi connectivity index (χ1n) is 11.7. The predicted octanol–water partition coefficient (Wildman–Crippen LogP) is 3.62. The van der Waals surface area contributed by atoms with Gasteiger partial charge in [-0.3, -0.25) is 15.0 Å². The number of pyridine rings is 2. The molecule has 3 aliphatic heterocycles. The van der Waals surface area contributed by atoms with Gasteiger partial charge in [0.2, 0.25) is 0 Å². The summed E-state index contributed by atoms with van der Waals surface area (Å²) in [4.78, 5) is 23.0. The first-order chi connectivity index (χ1) is 17.0. The lowest BCUT2D eigenvalue weighted by Crippen LogP contribution is -2.68. The lowest BCUT2D eigenvalue weighted by molar-refractivity contribution is -0.00970. The van der Waals surface area contributed by atoms with Gasteiger partial charge in [0.05, 0.1) is 11.9 Å². The van der Waals surface area contributed by atoms with Crippen LogP contribution in [-0.2, 0) is 6.54 Å². The number of aromatic nitrogens is 6. The summed E-state index contributed by atoms with van der Waals surface area (Å²) in [6, 6.07) is 12.1. The first-order valence-corrected chi connectivity index (χ1v) is 11.7. The standard InChI is InChI=1S/C25H26FN9/c1-15-7-22(30-23-8-16(2)32-33-23)31-25(29-15)17-3-6-24(28-10-17)34-13-20-9-21(14-34)35(20)12-19-5-4-18(26)11-27-19/h3-8,10-11,20-21H,9,12-14H2,1-2H3,(H2,29,30,31,32,33). The van der Waals surface area contributed by atoms with Gasteiger partial charge in [-0.15, -0.1) is 0 Å². The summed E-state index contributed by atoms with van der Waals surface area (Å²) < 4.78 is 13.2. The minimum absolute atomic E-state index is 0.297. The second kappa shape index (κ2) is 8.70. The zero-order valence-electron chi connectivity index (χ0n) is 19.6. The van der Waals surface area contributed by atoms with Gasteiger partial charge >= 0.3 is 0 Å². The molecule has 10 heteroatoms. The molecule has 4 aromatic rings. The molecule has 3 aliphatic rings. The van der Waals surface area contributed by atoms with Crippen molar-refractivity contribution < 1.29 is 4.39 Å². The lowest BCUT2D eigenvalue weighted by atomic mass is 9.87. The number of halogens is 1. The van der Waals surface area contributed by atoms with Gasteiger partial charge in [-0.2, -0.15) is 5.10 Å². The van der Waals surface area contributed by atoms with E-state index in [2.05, 4.69) is 40.3 Å². The number of piperazine rings is 1. The smallest absolute Gasteiger partial charge is 0.163 e. The predicted molar refractivity (Wildman–Crippen MR) is 131 cm³/mol. The fourth-order valence-electron chi connectivity index (χ4n) is 4.90. The van der Waals surface area contributed by atoms with E-state index in [1.54, 1.807) is 6.07 Å². The number of nitrogens with one attached hydrogen (secondary N) is 2. The number of hydrogen-bond donors (Lipinski definition) is 2. The highest BCUT2D eigenvalue weighted by molar-refractivity contribution is 5.61. The van der Waals surface area contributed by atoms with Crippen LogP contribution in [0.2, 0.25) is 0 Å². The Kier molecular flexibility index (Phi) is 5.37. The number of hydrogen-bond acceptors (Lipinski definition) is 8. The number of aromatic amines is 1. The first kappa shape index (κ1) is 21.6.